The number of hydrogen-bond donors (Lipinski definition) is 0. The lowest BCUT2D eigenvalue weighted by Gasteiger charge is -2.58. The van der Waals surface area contributed by atoms with Gasteiger partial charge in [0.05, 0.1) is 18.0 Å². The van der Waals surface area contributed by atoms with Gasteiger partial charge >= 0.3 is 47.7 Å². The van der Waals surface area contributed by atoms with Crippen LogP contribution in [0.3, 0.4) is 0 Å². The van der Waals surface area contributed by atoms with Crippen LogP contribution in [-0.4, -0.2) is 67.0 Å². The first-order valence-electron chi connectivity index (χ1n) is 24.8. The zero-order valence-corrected chi connectivity index (χ0v) is 41.2. The number of benzene rings is 2. The zero-order chi connectivity index (χ0) is 54.2. The van der Waals surface area contributed by atoms with Crippen LogP contribution in [-0.2, 0) is 9.53 Å². The van der Waals surface area contributed by atoms with E-state index in [0.29, 0.717) is 36.5 Å². The van der Waals surface area contributed by atoms with Crippen LogP contribution in [0.2, 0.25) is 0 Å². The average molecular weight is 1070 g/mol. The molecule has 4 aliphatic rings. The first-order valence-corrected chi connectivity index (χ1v) is 24.8. The molecule has 3 saturated carbocycles. The Morgan fingerprint density at radius 3 is 1.78 bits per heavy atom. The Kier molecular flexibility index (Phi) is 17.1. The second-order valence-corrected chi connectivity index (χ2v) is 21.5. The predicted octanol–water partition coefficient (Wildman–Crippen LogP) is 17.4. The van der Waals surface area contributed by atoms with Crippen molar-refractivity contribution in [1.82, 2.24) is 0 Å². The van der Waals surface area contributed by atoms with Crippen molar-refractivity contribution < 1.29 is 84.9 Å². The van der Waals surface area contributed by atoms with Crippen LogP contribution in [0.1, 0.15) is 125 Å². The van der Waals surface area contributed by atoms with E-state index in [1.807, 2.05) is 0 Å². The molecule has 0 radical (unpaired) electrons. The number of rotatable bonds is 22. The van der Waals surface area contributed by atoms with Gasteiger partial charge in [-0.3, -0.25) is 4.79 Å². The minimum absolute atomic E-state index is 0.0324. The number of halogens is 15. The number of hydrogen-bond acceptors (Lipinski definition) is 6. The van der Waals surface area contributed by atoms with Crippen LogP contribution in [0.15, 0.2) is 70.4 Å². The van der Waals surface area contributed by atoms with Crippen molar-refractivity contribution in [2.45, 2.75) is 172 Å². The second-order valence-electron chi connectivity index (χ2n) is 21.5. The van der Waals surface area contributed by atoms with Gasteiger partial charge in [-0.25, -0.2) is 0 Å². The van der Waals surface area contributed by atoms with Crippen molar-refractivity contribution in [3.05, 3.63) is 60.2 Å². The molecular formula is C52H63F15N2O4. The van der Waals surface area contributed by atoms with E-state index in [0.717, 1.165) is 79.5 Å². The summed E-state index contributed by atoms with van der Waals surface area (Å²) in [6.45, 7) is 9.55. The van der Waals surface area contributed by atoms with E-state index in [1.165, 1.54) is 62.7 Å². The van der Waals surface area contributed by atoms with E-state index in [1.54, 1.807) is 12.1 Å². The molecule has 8 atom stereocenters. The van der Waals surface area contributed by atoms with Gasteiger partial charge in [0.25, 0.3) is 0 Å². The van der Waals surface area contributed by atoms with E-state index in [9.17, 15) is 70.7 Å². The molecule has 21 heteroatoms. The standard InChI is InChI=1S/C52H63F15N2O4/c1-31(2)9-8-10-32(3)40-22-23-41-39-21-12-33-29-38(24-26-44(33,4)42(39)25-27-45(40,41)5)73-43(70)11-6-7-28-71-36-17-13-34(14-18-36)68-69-35-15-19-37(20-16-35)72-30-46(53,54)47(55,56)48(57,58)49(59,60)50(61,62)51(63,64)52(65,66)67/h12-20,31-32,38-42H,6-11,21-30H2,1-5H3/t32-,38+,39+,40-,41+,42+,44+,45-/m1/s1. The van der Waals surface area contributed by atoms with E-state index in [-0.39, 0.29) is 35.3 Å². The van der Waals surface area contributed by atoms with Gasteiger partial charge in [-0.15, -0.1) is 0 Å². The molecule has 0 bridgehead atoms. The smallest absolute Gasteiger partial charge is 0.460 e. The topological polar surface area (TPSA) is 69.5 Å². The molecule has 73 heavy (non-hydrogen) atoms. The highest BCUT2D eigenvalue weighted by atomic mass is 19.4. The van der Waals surface area contributed by atoms with E-state index in [2.05, 4.69) is 55.7 Å². The van der Waals surface area contributed by atoms with Crippen molar-refractivity contribution >= 4 is 17.3 Å². The largest absolute Gasteiger partial charge is 0.494 e. The summed E-state index contributed by atoms with van der Waals surface area (Å²) in [5.74, 6) is -43.2. The summed E-state index contributed by atoms with van der Waals surface area (Å²) in [4.78, 5) is 12.9. The van der Waals surface area contributed by atoms with Gasteiger partial charge in [0.2, 0.25) is 0 Å². The lowest BCUT2D eigenvalue weighted by molar-refractivity contribution is -0.453. The monoisotopic (exact) mass is 1060 g/mol. The molecule has 2 aromatic carbocycles. The molecule has 410 valence electrons. The number of azo groups is 1. The summed E-state index contributed by atoms with van der Waals surface area (Å²) in [7, 11) is 0. The third kappa shape index (κ3) is 11.4. The number of carbonyl (C=O) groups is 1. The molecule has 6 nitrogen and oxygen atoms in total. The fourth-order valence-corrected chi connectivity index (χ4v) is 12.2. The van der Waals surface area contributed by atoms with Gasteiger partial charge in [-0.05, 0) is 153 Å². The Bertz CT molecular complexity index is 2250. The van der Waals surface area contributed by atoms with Gasteiger partial charge in [0.1, 0.15) is 17.6 Å². The van der Waals surface area contributed by atoms with Crippen molar-refractivity contribution in [1.29, 1.82) is 0 Å². The number of unbranched alkanes of at least 4 members (excludes halogenated alkanes) is 1. The molecule has 4 aliphatic carbocycles. The van der Waals surface area contributed by atoms with Crippen molar-refractivity contribution in [3.8, 4) is 11.5 Å². The van der Waals surface area contributed by atoms with Gasteiger partial charge in [0.15, 0.2) is 6.61 Å². The van der Waals surface area contributed by atoms with Crippen molar-refractivity contribution in [2.75, 3.05) is 13.2 Å². The minimum Gasteiger partial charge on any atom is -0.494 e. The lowest BCUT2D eigenvalue weighted by Crippen LogP contribution is -2.73. The normalized spacial score (nSPS) is 26.8. The molecule has 0 aromatic heterocycles. The summed E-state index contributed by atoms with van der Waals surface area (Å²) in [5.41, 5.74) is 2.29. The number of allylic oxidation sites excluding steroid dienone is 1. The minimum atomic E-state index is -8.37. The molecule has 6 rings (SSSR count). The second kappa shape index (κ2) is 21.4. The molecule has 0 unspecified atom stereocenters. The molecule has 0 amide bonds. The van der Waals surface area contributed by atoms with Gasteiger partial charge in [-0.1, -0.05) is 65.5 Å². The SMILES string of the molecule is CC(C)CCC[C@@H](C)[C@H]1CC[C@H]2[C@@H]3CC=C4C[C@@H](OC(=O)CCCCOc5ccc(N=Nc6ccc(OCC(F)(F)C(F)(F)C(F)(F)C(F)(F)C(F)(F)C(F)(F)C(F)(F)F)cc6)cc5)CC[C@]4(C)[C@H]3CC[C@]12C. The van der Waals surface area contributed by atoms with Crippen LogP contribution < -0.4 is 9.47 Å². The van der Waals surface area contributed by atoms with Gasteiger partial charge in [-0.2, -0.15) is 76.1 Å². The maximum Gasteiger partial charge on any atom is 0.460 e. The maximum atomic E-state index is 14.2. The number of nitrogens with zero attached hydrogens (tertiary/aromatic N) is 2. The highest BCUT2D eigenvalue weighted by Crippen LogP contribution is 2.68. The highest BCUT2D eigenvalue weighted by molar-refractivity contribution is 5.69. The van der Waals surface area contributed by atoms with Crippen molar-refractivity contribution in [2.24, 2.45) is 56.6 Å². The third-order valence-corrected chi connectivity index (χ3v) is 16.4. The zero-order valence-electron chi connectivity index (χ0n) is 41.2. The molecule has 0 aliphatic heterocycles. The molecule has 0 spiro atoms. The Labute approximate surface area is 415 Å². The highest BCUT2D eigenvalue weighted by Gasteiger charge is 2.93. The number of esters is 1. The molecule has 0 saturated heterocycles. The van der Waals surface area contributed by atoms with Gasteiger partial charge < -0.3 is 14.2 Å². The van der Waals surface area contributed by atoms with Gasteiger partial charge in [0, 0.05) is 12.8 Å². The summed E-state index contributed by atoms with van der Waals surface area (Å²) >= 11 is 0. The summed E-state index contributed by atoms with van der Waals surface area (Å²) in [6.07, 6.45) is 9.11. The average Bonchev–Trinajstić information content (AvgIpc) is 3.67. The number of carbonyl (C=O) groups excluding carboxylic acids is 1. The number of fused-ring (bicyclic) bond motifs is 5. The summed E-state index contributed by atoms with van der Waals surface area (Å²) in [5, 5.41) is 7.78. The molecular weight excluding hydrogens is 1000 g/mol. The predicted molar refractivity (Wildman–Crippen MR) is 241 cm³/mol. The van der Waals surface area contributed by atoms with Crippen LogP contribution in [0.5, 0.6) is 11.5 Å². The van der Waals surface area contributed by atoms with E-state index in [4.69, 9.17) is 9.47 Å². The first kappa shape index (κ1) is 58.1. The molecule has 0 N–H and O–H groups in total. The summed E-state index contributed by atoms with van der Waals surface area (Å²) in [6, 6.07) is 9.60. The van der Waals surface area contributed by atoms with Crippen LogP contribution in [0.4, 0.5) is 77.2 Å². The fraction of sp³-hybridized carbons (Fsp3) is 0.712. The lowest BCUT2D eigenvalue weighted by atomic mass is 9.47. The third-order valence-electron chi connectivity index (χ3n) is 16.4. The fourth-order valence-electron chi connectivity index (χ4n) is 12.2. The summed E-state index contributed by atoms with van der Waals surface area (Å²) < 4.78 is 218. The number of alkyl halides is 15. The van der Waals surface area contributed by atoms with E-state index >= 15 is 0 Å². The van der Waals surface area contributed by atoms with Crippen LogP contribution in [0, 0.1) is 46.3 Å². The van der Waals surface area contributed by atoms with Crippen LogP contribution >= 0.6 is 0 Å². The molecule has 2 aromatic rings. The molecule has 3 fully saturated rings. The first-order chi connectivity index (χ1) is 33.7. The quantitative estimate of drug-likeness (QED) is 0.0387. The maximum absolute atomic E-state index is 14.2. The van der Waals surface area contributed by atoms with Crippen LogP contribution in [0.25, 0.3) is 0 Å². The molecule has 0 heterocycles. The number of ether oxygens (including phenoxy) is 3. The van der Waals surface area contributed by atoms with E-state index < -0.39 is 54.1 Å². The Balaban J connectivity index is 0.903. The van der Waals surface area contributed by atoms with Crippen molar-refractivity contribution in [3.63, 3.8) is 0 Å². The Morgan fingerprint density at radius 1 is 0.644 bits per heavy atom. The Morgan fingerprint density at radius 2 is 1.21 bits per heavy atom. The Hall–Kier alpha value is -4.20.